The van der Waals surface area contributed by atoms with Gasteiger partial charge in [0.2, 0.25) is 0 Å². The lowest BCUT2D eigenvalue weighted by Crippen LogP contribution is -2.09. The Morgan fingerprint density at radius 1 is 1.69 bits per heavy atom. The number of hydrogen-bond acceptors (Lipinski definition) is 4. The number of aliphatic carboxylic acids is 1. The SMILES string of the molecule is CC(C)c1cc([N+](=O)[O-])n(CCC(=O)O)n1. The van der Waals surface area contributed by atoms with Gasteiger partial charge in [0.15, 0.2) is 0 Å². The fourth-order valence-corrected chi connectivity index (χ4v) is 1.22. The number of hydrogen-bond donors (Lipinski definition) is 1. The van der Waals surface area contributed by atoms with Crippen LogP contribution in [0.5, 0.6) is 0 Å². The molecule has 0 aliphatic heterocycles. The predicted octanol–water partition coefficient (Wildman–Crippen LogP) is 1.39. The molecule has 7 heteroatoms. The lowest BCUT2D eigenvalue weighted by Gasteiger charge is -1.96. The molecular formula is C9H13N3O4. The normalized spacial score (nSPS) is 10.7. The van der Waals surface area contributed by atoms with Crippen LogP contribution in [0, 0.1) is 10.1 Å². The van der Waals surface area contributed by atoms with Crippen molar-refractivity contribution in [2.75, 3.05) is 0 Å². The Kier molecular flexibility index (Phi) is 3.60. The number of rotatable bonds is 5. The van der Waals surface area contributed by atoms with Gasteiger partial charge >= 0.3 is 11.8 Å². The van der Waals surface area contributed by atoms with Gasteiger partial charge in [-0.25, -0.2) is 0 Å². The molecule has 1 heterocycles. The second-order valence-electron chi connectivity index (χ2n) is 3.71. The van der Waals surface area contributed by atoms with E-state index in [1.165, 1.54) is 6.07 Å². The van der Waals surface area contributed by atoms with Gasteiger partial charge in [0.1, 0.15) is 6.54 Å². The molecule has 1 aromatic heterocycles. The maximum absolute atomic E-state index is 10.7. The fraction of sp³-hybridized carbons (Fsp3) is 0.556. The van der Waals surface area contributed by atoms with Gasteiger partial charge in [-0.05, 0) is 10.8 Å². The largest absolute Gasteiger partial charge is 0.481 e. The van der Waals surface area contributed by atoms with Crippen molar-refractivity contribution in [2.24, 2.45) is 0 Å². The van der Waals surface area contributed by atoms with Gasteiger partial charge in [0.25, 0.3) is 0 Å². The zero-order valence-electron chi connectivity index (χ0n) is 9.08. The minimum Gasteiger partial charge on any atom is -0.481 e. The second kappa shape index (κ2) is 4.73. The van der Waals surface area contributed by atoms with Crippen molar-refractivity contribution in [3.05, 3.63) is 21.9 Å². The number of carboxylic acids is 1. The highest BCUT2D eigenvalue weighted by molar-refractivity contribution is 5.66. The Hall–Kier alpha value is -1.92. The summed E-state index contributed by atoms with van der Waals surface area (Å²) in [7, 11) is 0. The molecule has 0 aliphatic rings. The molecule has 0 atom stereocenters. The number of carbonyl (C=O) groups is 1. The third-order valence-corrected chi connectivity index (χ3v) is 2.09. The Balaban J connectivity index is 2.96. The monoisotopic (exact) mass is 227 g/mol. The molecule has 0 amide bonds. The van der Waals surface area contributed by atoms with E-state index in [0.29, 0.717) is 5.69 Å². The van der Waals surface area contributed by atoms with Gasteiger partial charge in [-0.15, -0.1) is 4.68 Å². The third-order valence-electron chi connectivity index (χ3n) is 2.09. The summed E-state index contributed by atoms with van der Waals surface area (Å²) in [6.45, 7) is 3.75. The molecule has 1 rings (SSSR count). The molecule has 0 saturated carbocycles. The van der Waals surface area contributed by atoms with Crippen molar-refractivity contribution in [1.29, 1.82) is 0 Å². The Morgan fingerprint density at radius 3 is 2.75 bits per heavy atom. The second-order valence-corrected chi connectivity index (χ2v) is 3.71. The summed E-state index contributed by atoms with van der Waals surface area (Å²) >= 11 is 0. The van der Waals surface area contributed by atoms with Crippen LogP contribution >= 0.6 is 0 Å². The minimum atomic E-state index is -1.00. The van der Waals surface area contributed by atoms with E-state index >= 15 is 0 Å². The molecule has 88 valence electrons. The average Bonchev–Trinajstić information content (AvgIpc) is 2.58. The standard InChI is InChI=1S/C9H13N3O4/c1-6(2)7-5-8(12(15)16)11(10-7)4-3-9(13)14/h5-6H,3-4H2,1-2H3,(H,13,14). The Bertz CT molecular complexity index is 411. The minimum absolute atomic E-state index is 0.0123. The molecule has 0 fully saturated rings. The van der Waals surface area contributed by atoms with Crippen LogP contribution in [0.2, 0.25) is 0 Å². The van der Waals surface area contributed by atoms with E-state index in [1.807, 2.05) is 13.8 Å². The third kappa shape index (κ3) is 2.78. The number of nitro groups is 1. The quantitative estimate of drug-likeness (QED) is 0.605. The first kappa shape index (κ1) is 12.2. The van der Waals surface area contributed by atoms with Crippen LogP contribution in [-0.2, 0) is 11.3 Å². The van der Waals surface area contributed by atoms with Gasteiger partial charge in [-0.1, -0.05) is 18.9 Å². The molecule has 1 aromatic rings. The molecule has 0 bridgehead atoms. The van der Waals surface area contributed by atoms with Gasteiger partial charge in [-0.3, -0.25) is 4.79 Å². The summed E-state index contributed by atoms with van der Waals surface area (Å²) in [5.74, 6) is -1.09. The van der Waals surface area contributed by atoms with Crippen LogP contribution in [0.1, 0.15) is 31.9 Å². The molecule has 0 saturated heterocycles. The lowest BCUT2D eigenvalue weighted by atomic mass is 10.1. The molecule has 0 aromatic carbocycles. The highest BCUT2D eigenvalue weighted by atomic mass is 16.6. The van der Waals surface area contributed by atoms with Crippen LogP contribution in [0.4, 0.5) is 5.82 Å². The van der Waals surface area contributed by atoms with Crippen molar-refractivity contribution in [1.82, 2.24) is 9.78 Å². The maximum Gasteiger partial charge on any atom is 0.345 e. The maximum atomic E-state index is 10.7. The van der Waals surface area contributed by atoms with Crippen LogP contribution in [0.15, 0.2) is 6.07 Å². The van der Waals surface area contributed by atoms with E-state index in [-0.39, 0.29) is 24.7 Å². The Labute approximate surface area is 91.8 Å². The van der Waals surface area contributed by atoms with Crippen LogP contribution < -0.4 is 0 Å². The van der Waals surface area contributed by atoms with E-state index < -0.39 is 10.9 Å². The molecule has 0 unspecified atom stereocenters. The van der Waals surface area contributed by atoms with Crippen LogP contribution in [0.3, 0.4) is 0 Å². The molecule has 1 N–H and O–H groups in total. The van der Waals surface area contributed by atoms with Gasteiger partial charge in [0, 0.05) is 0 Å². The zero-order valence-corrected chi connectivity index (χ0v) is 9.08. The summed E-state index contributed by atoms with van der Waals surface area (Å²) < 4.78 is 1.13. The average molecular weight is 227 g/mol. The highest BCUT2D eigenvalue weighted by Crippen LogP contribution is 2.19. The van der Waals surface area contributed by atoms with Gasteiger partial charge in [0.05, 0.1) is 18.2 Å². The fourth-order valence-electron chi connectivity index (χ4n) is 1.22. The smallest absolute Gasteiger partial charge is 0.345 e. The predicted molar refractivity (Wildman–Crippen MR) is 55.2 cm³/mol. The number of carboxylic acid groups (broad SMARTS) is 1. The first-order valence-electron chi connectivity index (χ1n) is 4.85. The van der Waals surface area contributed by atoms with Crippen molar-refractivity contribution < 1.29 is 14.8 Å². The molecular weight excluding hydrogens is 214 g/mol. The van der Waals surface area contributed by atoms with E-state index in [2.05, 4.69) is 5.10 Å². The molecule has 16 heavy (non-hydrogen) atoms. The van der Waals surface area contributed by atoms with E-state index in [9.17, 15) is 14.9 Å². The van der Waals surface area contributed by atoms with Crippen molar-refractivity contribution in [2.45, 2.75) is 32.7 Å². The van der Waals surface area contributed by atoms with Crippen molar-refractivity contribution in [3.63, 3.8) is 0 Å². The summed E-state index contributed by atoms with van der Waals surface area (Å²) in [6.07, 6.45) is -0.181. The van der Waals surface area contributed by atoms with Gasteiger partial charge in [-0.2, -0.15) is 0 Å². The topological polar surface area (TPSA) is 98.3 Å². The van der Waals surface area contributed by atoms with Crippen LogP contribution in [-0.4, -0.2) is 25.8 Å². The summed E-state index contributed by atoms with van der Waals surface area (Å²) in [5.41, 5.74) is 0.595. The number of aromatic nitrogens is 2. The van der Waals surface area contributed by atoms with Gasteiger partial charge < -0.3 is 15.2 Å². The van der Waals surface area contributed by atoms with Crippen LogP contribution in [0.25, 0.3) is 0 Å². The number of aryl methyl sites for hydroxylation is 1. The molecule has 0 spiro atoms. The number of nitrogens with zero attached hydrogens (tertiary/aromatic N) is 3. The van der Waals surface area contributed by atoms with E-state index in [1.54, 1.807) is 0 Å². The Morgan fingerprint density at radius 2 is 2.31 bits per heavy atom. The zero-order chi connectivity index (χ0) is 12.3. The molecule has 0 radical (unpaired) electrons. The van der Waals surface area contributed by atoms with Crippen molar-refractivity contribution in [3.8, 4) is 0 Å². The summed E-state index contributed by atoms with van der Waals surface area (Å²) in [5, 5.41) is 23.2. The lowest BCUT2D eigenvalue weighted by molar-refractivity contribution is -0.392. The van der Waals surface area contributed by atoms with E-state index in [0.717, 1.165) is 4.68 Å². The summed E-state index contributed by atoms with van der Waals surface area (Å²) in [4.78, 5) is 20.5. The summed E-state index contributed by atoms with van der Waals surface area (Å²) in [6, 6.07) is 1.38. The molecule has 0 aliphatic carbocycles. The first-order chi connectivity index (χ1) is 7.41. The van der Waals surface area contributed by atoms with Crippen molar-refractivity contribution >= 4 is 11.8 Å². The van der Waals surface area contributed by atoms with E-state index in [4.69, 9.17) is 5.11 Å². The first-order valence-corrected chi connectivity index (χ1v) is 4.85. The highest BCUT2D eigenvalue weighted by Gasteiger charge is 2.20. The molecule has 7 nitrogen and oxygen atoms in total.